The van der Waals surface area contributed by atoms with E-state index in [2.05, 4.69) is 0 Å². The molecule has 0 amide bonds. The van der Waals surface area contributed by atoms with Crippen LogP contribution in [-0.4, -0.2) is 39.6 Å². The number of fused-ring (bicyclic) bond motifs is 1. The normalized spacial score (nSPS) is 15.3. The highest BCUT2D eigenvalue weighted by atomic mass is 16.7. The van der Waals surface area contributed by atoms with Crippen LogP contribution in [0.25, 0.3) is 56.1 Å². The maximum absolute atomic E-state index is 12.2. The van der Waals surface area contributed by atoms with Crippen LogP contribution in [-0.2, 0) is 9.31 Å². The van der Waals surface area contributed by atoms with E-state index in [1.165, 1.54) is 0 Å². The van der Waals surface area contributed by atoms with Gasteiger partial charge in [-0.2, -0.15) is 0 Å². The molecule has 1 saturated heterocycles. The van der Waals surface area contributed by atoms with Crippen molar-refractivity contribution in [1.82, 2.24) is 15.0 Å². The first-order chi connectivity index (χ1) is 21.7. The molecule has 1 aromatic heterocycles. The average molecular weight is 590 g/mol. The maximum atomic E-state index is 12.2. The first kappa shape index (κ1) is 28.8. The largest absolute Gasteiger partial charge is 0.494 e. The van der Waals surface area contributed by atoms with Crippen LogP contribution in [0.4, 0.5) is 0 Å². The lowest BCUT2D eigenvalue weighted by molar-refractivity contribution is 0.00578. The zero-order valence-corrected chi connectivity index (χ0v) is 25.7. The van der Waals surface area contributed by atoms with Crippen LogP contribution in [0.3, 0.4) is 0 Å². The Morgan fingerprint density at radius 3 is 1.80 bits per heavy atom. The Hall–Kier alpha value is -4.98. The van der Waals surface area contributed by atoms with Gasteiger partial charge in [0.05, 0.1) is 11.2 Å². The van der Waals surface area contributed by atoms with Gasteiger partial charge in [-0.1, -0.05) is 115 Å². The van der Waals surface area contributed by atoms with Crippen molar-refractivity contribution in [1.29, 1.82) is 0 Å². The van der Waals surface area contributed by atoms with Gasteiger partial charge in [-0.05, 0) is 55.1 Å². The first-order valence-electron chi connectivity index (χ1n) is 15.1. The Morgan fingerprint density at radius 2 is 1.13 bits per heavy atom. The van der Waals surface area contributed by atoms with Gasteiger partial charge in [0.2, 0.25) is 0 Å². The highest BCUT2D eigenvalue weighted by Crippen LogP contribution is 2.37. The van der Waals surface area contributed by atoms with Crippen molar-refractivity contribution < 1.29 is 14.1 Å². The molecular formula is C38H32BN3O3. The number of hydrogen-bond donors (Lipinski definition) is 0. The van der Waals surface area contributed by atoms with Crippen molar-refractivity contribution in [3.63, 3.8) is 0 Å². The Kier molecular flexibility index (Phi) is 7.15. The number of carbonyl (C=O) groups excluding carboxylic acids is 1. The zero-order chi connectivity index (χ0) is 31.2. The van der Waals surface area contributed by atoms with Gasteiger partial charge in [-0.25, -0.2) is 15.0 Å². The molecule has 45 heavy (non-hydrogen) atoms. The third-order valence-electron chi connectivity index (χ3n) is 8.88. The van der Waals surface area contributed by atoms with Crippen LogP contribution in [0.15, 0.2) is 115 Å². The smallest absolute Gasteiger partial charge is 0.399 e. The average Bonchev–Trinajstić information content (AvgIpc) is 3.30. The Labute approximate surface area is 263 Å². The standard InChI is InChI=1S/C38H32BN3O3/c1-37(2)38(3,4)45-39(44-37)30-15-10-14-29(23-30)36-41-34(27-12-6-5-7-13-27)40-35(42-36)28-19-17-26(18-20-28)32-22-21-25-11-8-9-16-31(25)33(32)24-43/h5-24H,1-4H3. The van der Waals surface area contributed by atoms with Crippen LogP contribution in [0.1, 0.15) is 38.1 Å². The second-order valence-electron chi connectivity index (χ2n) is 12.3. The van der Waals surface area contributed by atoms with Gasteiger partial charge in [0.15, 0.2) is 23.8 Å². The summed E-state index contributed by atoms with van der Waals surface area (Å²) in [5.41, 5.74) is 5.10. The molecule has 220 valence electrons. The lowest BCUT2D eigenvalue weighted by Crippen LogP contribution is -2.41. The third-order valence-corrected chi connectivity index (χ3v) is 8.88. The lowest BCUT2D eigenvalue weighted by Gasteiger charge is -2.32. The van der Waals surface area contributed by atoms with E-state index >= 15 is 0 Å². The van der Waals surface area contributed by atoms with Crippen molar-refractivity contribution in [2.75, 3.05) is 0 Å². The predicted octanol–water partition coefficient (Wildman–Crippen LogP) is 7.80. The minimum absolute atomic E-state index is 0.444. The molecule has 7 heteroatoms. The molecule has 0 spiro atoms. The third kappa shape index (κ3) is 5.35. The fraction of sp³-hybridized carbons (Fsp3) is 0.158. The number of nitrogens with zero attached hydrogens (tertiary/aromatic N) is 3. The molecule has 1 aliphatic rings. The number of hydrogen-bond acceptors (Lipinski definition) is 6. The summed E-state index contributed by atoms with van der Waals surface area (Å²) >= 11 is 0. The summed E-state index contributed by atoms with van der Waals surface area (Å²) in [6, 6.07) is 37.9. The number of benzene rings is 5. The number of aromatic nitrogens is 3. The molecule has 1 fully saturated rings. The minimum atomic E-state index is -0.497. The van der Waals surface area contributed by atoms with E-state index in [4.69, 9.17) is 24.3 Å². The Bertz CT molecular complexity index is 2030. The van der Waals surface area contributed by atoms with Gasteiger partial charge in [0.1, 0.15) is 0 Å². The van der Waals surface area contributed by atoms with Crippen molar-refractivity contribution in [2.45, 2.75) is 38.9 Å². The van der Waals surface area contributed by atoms with E-state index in [9.17, 15) is 4.79 Å². The molecule has 2 heterocycles. The van der Waals surface area contributed by atoms with Gasteiger partial charge in [0.25, 0.3) is 0 Å². The van der Waals surface area contributed by atoms with E-state index in [0.29, 0.717) is 23.0 Å². The number of aldehydes is 1. The predicted molar refractivity (Wildman–Crippen MR) is 180 cm³/mol. The lowest BCUT2D eigenvalue weighted by atomic mass is 9.78. The number of rotatable bonds is 6. The first-order valence-corrected chi connectivity index (χ1v) is 15.1. The second kappa shape index (κ2) is 11.2. The molecule has 0 saturated carbocycles. The van der Waals surface area contributed by atoms with E-state index in [1.807, 2.05) is 143 Å². The number of carbonyl (C=O) groups is 1. The summed E-state index contributed by atoms with van der Waals surface area (Å²) in [4.78, 5) is 26.9. The summed E-state index contributed by atoms with van der Waals surface area (Å²) in [5.74, 6) is 1.69. The van der Waals surface area contributed by atoms with Gasteiger partial charge in [0, 0.05) is 22.3 Å². The summed E-state index contributed by atoms with van der Waals surface area (Å²) in [7, 11) is -0.497. The van der Waals surface area contributed by atoms with E-state index < -0.39 is 18.3 Å². The van der Waals surface area contributed by atoms with Crippen molar-refractivity contribution >= 4 is 29.6 Å². The molecule has 0 aliphatic carbocycles. The summed E-state index contributed by atoms with van der Waals surface area (Å²) in [6.45, 7) is 8.19. The van der Waals surface area contributed by atoms with E-state index in [1.54, 1.807) is 0 Å². The van der Waals surface area contributed by atoms with Gasteiger partial charge in [-0.3, -0.25) is 4.79 Å². The fourth-order valence-electron chi connectivity index (χ4n) is 5.63. The molecule has 0 bridgehead atoms. The molecule has 0 unspecified atom stereocenters. The highest BCUT2D eigenvalue weighted by molar-refractivity contribution is 6.62. The molecule has 7 rings (SSSR count). The van der Waals surface area contributed by atoms with Gasteiger partial charge in [-0.15, -0.1) is 0 Å². The summed E-state index contributed by atoms with van der Waals surface area (Å²) in [6.07, 6.45) is 0.938. The quantitative estimate of drug-likeness (QED) is 0.146. The summed E-state index contributed by atoms with van der Waals surface area (Å²) in [5, 5.41) is 1.97. The monoisotopic (exact) mass is 589 g/mol. The van der Waals surface area contributed by atoms with Gasteiger partial charge >= 0.3 is 7.12 Å². The van der Waals surface area contributed by atoms with Crippen LogP contribution < -0.4 is 5.46 Å². The van der Waals surface area contributed by atoms with Crippen LogP contribution in [0.5, 0.6) is 0 Å². The second-order valence-corrected chi connectivity index (χ2v) is 12.3. The molecule has 6 aromatic rings. The summed E-state index contributed by atoms with van der Waals surface area (Å²) < 4.78 is 12.6. The molecule has 0 atom stereocenters. The topological polar surface area (TPSA) is 74.2 Å². The van der Waals surface area contributed by atoms with Crippen molar-refractivity contribution in [2.24, 2.45) is 0 Å². The van der Waals surface area contributed by atoms with Crippen LogP contribution >= 0.6 is 0 Å². The fourth-order valence-corrected chi connectivity index (χ4v) is 5.63. The Balaban J connectivity index is 1.29. The van der Waals surface area contributed by atoms with E-state index in [0.717, 1.165) is 50.3 Å². The Morgan fingerprint density at radius 1 is 0.578 bits per heavy atom. The molecule has 0 N–H and O–H groups in total. The minimum Gasteiger partial charge on any atom is -0.399 e. The van der Waals surface area contributed by atoms with Crippen LogP contribution in [0.2, 0.25) is 0 Å². The SMILES string of the molecule is CC1(C)OB(c2cccc(-c3nc(-c4ccccc4)nc(-c4ccc(-c5ccc6ccccc6c5C=O)cc4)n3)c2)OC1(C)C. The molecular weight excluding hydrogens is 557 g/mol. The molecule has 5 aromatic carbocycles. The molecule has 6 nitrogen and oxygen atoms in total. The van der Waals surface area contributed by atoms with Crippen molar-refractivity contribution in [3.8, 4) is 45.3 Å². The molecule has 0 radical (unpaired) electrons. The highest BCUT2D eigenvalue weighted by Gasteiger charge is 2.51. The van der Waals surface area contributed by atoms with E-state index in [-0.39, 0.29) is 0 Å². The van der Waals surface area contributed by atoms with Crippen LogP contribution in [0, 0.1) is 0 Å². The van der Waals surface area contributed by atoms with Gasteiger partial charge < -0.3 is 9.31 Å². The zero-order valence-electron chi connectivity index (χ0n) is 25.7. The molecule has 1 aliphatic heterocycles. The van der Waals surface area contributed by atoms with Crippen molar-refractivity contribution in [3.05, 3.63) is 121 Å². The maximum Gasteiger partial charge on any atom is 0.494 e.